The third kappa shape index (κ3) is 4.44. The van der Waals surface area contributed by atoms with Crippen molar-refractivity contribution < 1.29 is 9.53 Å². The average molecular weight is 457 g/mol. The molecule has 0 fully saturated rings. The van der Waals surface area contributed by atoms with Gasteiger partial charge in [0.05, 0.1) is 24.6 Å². The maximum atomic E-state index is 13.7. The van der Waals surface area contributed by atoms with Gasteiger partial charge in [-0.3, -0.25) is 14.2 Å². The van der Waals surface area contributed by atoms with Gasteiger partial charge in [0.25, 0.3) is 5.56 Å². The Balaban J connectivity index is 1.81. The molecule has 1 aliphatic carbocycles. The van der Waals surface area contributed by atoms with Gasteiger partial charge in [-0.25, -0.2) is 4.98 Å². The zero-order valence-electron chi connectivity index (χ0n) is 18.4. The number of carbonyl (C=O) groups is 1. The molecule has 4 rings (SSSR count). The minimum atomic E-state index is -0.262. The highest BCUT2D eigenvalue weighted by Crippen LogP contribution is 2.42. The molecule has 3 aromatic rings. The number of nitrogens with zero attached hydrogens (tertiary/aromatic N) is 2. The summed E-state index contributed by atoms with van der Waals surface area (Å²) in [5.74, 6) is 0.856. The Labute approximate surface area is 190 Å². The first-order valence-electron chi connectivity index (χ1n) is 10.6. The van der Waals surface area contributed by atoms with E-state index in [0.717, 1.165) is 35.2 Å². The van der Waals surface area contributed by atoms with Crippen LogP contribution in [0.2, 0.25) is 0 Å². The lowest BCUT2D eigenvalue weighted by molar-refractivity contribution is -0.140. The van der Waals surface area contributed by atoms with Crippen LogP contribution in [-0.2, 0) is 22.4 Å². The first-order chi connectivity index (χ1) is 14.8. The predicted molar refractivity (Wildman–Crippen MR) is 128 cm³/mol. The summed E-state index contributed by atoms with van der Waals surface area (Å²) in [7, 11) is 1.39. The number of aromatic nitrogens is 2. The van der Waals surface area contributed by atoms with Crippen molar-refractivity contribution in [2.45, 2.75) is 51.6 Å². The summed E-state index contributed by atoms with van der Waals surface area (Å²) in [6.45, 7) is 6.89. The molecule has 1 aromatic carbocycles. The molecule has 164 valence electrons. The van der Waals surface area contributed by atoms with Gasteiger partial charge < -0.3 is 4.74 Å². The molecule has 5 nitrogen and oxygen atoms in total. The van der Waals surface area contributed by atoms with Gasteiger partial charge in [-0.15, -0.1) is 11.3 Å². The van der Waals surface area contributed by atoms with Crippen LogP contribution in [0.1, 0.15) is 44.1 Å². The van der Waals surface area contributed by atoms with E-state index in [-0.39, 0.29) is 23.4 Å². The quantitative estimate of drug-likeness (QED) is 0.298. The first-order valence-corrected chi connectivity index (χ1v) is 12.4. The first kappa shape index (κ1) is 22.1. The molecule has 0 N–H and O–H groups in total. The standard InChI is InChI=1S/C24H28N2O3S2/c1-24(2,3)15-10-11-17-18(14-15)31-21-20(17)22(28)26(16-8-6-5-7-9-16)23(25-21)30-13-12-19(27)29-4/h5-9,15H,10-14H2,1-4H3/t15-/m1/s1. The number of benzene rings is 1. The van der Waals surface area contributed by atoms with E-state index in [4.69, 9.17) is 9.72 Å². The number of para-hydroxylation sites is 1. The summed E-state index contributed by atoms with van der Waals surface area (Å²) in [5, 5.41) is 1.40. The fraction of sp³-hybridized carbons (Fsp3) is 0.458. The number of thioether (sulfide) groups is 1. The number of ether oxygens (including phenoxy) is 1. The molecule has 0 saturated heterocycles. The zero-order valence-corrected chi connectivity index (χ0v) is 20.1. The number of thiophene rings is 1. The molecule has 1 aliphatic rings. The van der Waals surface area contributed by atoms with Crippen molar-refractivity contribution in [2.75, 3.05) is 12.9 Å². The van der Waals surface area contributed by atoms with Crippen molar-refractivity contribution in [3.8, 4) is 5.69 Å². The lowest BCUT2D eigenvalue weighted by atomic mass is 9.72. The van der Waals surface area contributed by atoms with Crippen LogP contribution < -0.4 is 5.56 Å². The van der Waals surface area contributed by atoms with E-state index in [2.05, 4.69) is 20.8 Å². The molecule has 0 radical (unpaired) electrons. The molecule has 0 unspecified atom stereocenters. The van der Waals surface area contributed by atoms with Gasteiger partial charge in [-0.1, -0.05) is 50.7 Å². The maximum absolute atomic E-state index is 13.7. The van der Waals surface area contributed by atoms with Gasteiger partial charge in [0.1, 0.15) is 4.83 Å². The number of hydrogen-bond donors (Lipinski definition) is 0. The minimum absolute atomic E-state index is 0.0107. The van der Waals surface area contributed by atoms with E-state index >= 15 is 0 Å². The van der Waals surface area contributed by atoms with Gasteiger partial charge >= 0.3 is 5.97 Å². The summed E-state index contributed by atoms with van der Waals surface area (Å²) in [6.07, 6.45) is 3.31. The normalized spacial score (nSPS) is 16.3. The fourth-order valence-corrected chi connectivity index (χ4v) is 6.45. The SMILES string of the molecule is COC(=O)CCSc1nc2sc3c(c2c(=O)n1-c1ccccc1)CC[C@@H](C(C)(C)C)C3. The molecule has 2 aromatic heterocycles. The van der Waals surface area contributed by atoms with Crippen molar-refractivity contribution in [2.24, 2.45) is 11.3 Å². The molecule has 0 saturated carbocycles. The van der Waals surface area contributed by atoms with Crippen molar-refractivity contribution in [3.63, 3.8) is 0 Å². The highest BCUT2D eigenvalue weighted by molar-refractivity contribution is 7.99. The number of esters is 1. The van der Waals surface area contributed by atoms with Gasteiger partial charge in [-0.2, -0.15) is 0 Å². The van der Waals surface area contributed by atoms with E-state index in [1.165, 1.54) is 29.3 Å². The van der Waals surface area contributed by atoms with Gasteiger partial charge in [0.15, 0.2) is 5.16 Å². The second-order valence-electron chi connectivity index (χ2n) is 9.03. The summed E-state index contributed by atoms with van der Waals surface area (Å²) in [4.78, 5) is 32.3. The van der Waals surface area contributed by atoms with Crippen LogP contribution in [0.5, 0.6) is 0 Å². The lowest BCUT2D eigenvalue weighted by Gasteiger charge is -2.33. The maximum Gasteiger partial charge on any atom is 0.306 e. The number of carbonyl (C=O) groups excluding carboxylic acids is 1. The molecule has 0 spiro atoms. The number of aryl methyl sites for hydroxylation is 1. The molecule has 0 bridgehead atoms. The largest absolute Gasteiger partial charge is 0.469 e. The van der Waals surface area contributed by atoms with Crippen molar-refractivity contribution in [3.05, 3.63) is 51.1 Å². The van der Waals surface area contributed by atoms with Crippen molar-refractivity contribution in [1.82, 2.24) is 9.55 Å². The second kappa shape index (κ2) is 8.79. The molecule has 0 amide bonds. The second-order valence-corrected chi connectivity index (χ2v) is 11.2. The van der Waals surface area contributed by atoms with Crippen molar-refractivity contribution >= 4 is 39.3 Å². The topological polar surface area (TPSA) is 61.2 Å². The minimum Gasteiger partial charge on any atom is -0.469 e. The van der Waals surface area contributed by atoms with Gasteiger partial charge in [0.2, 0.25) is 0 Å². The highest BCUT2D eigenvalue weighted by atomic mass is 32.2. The van der Waals surface area contributed by atoms with Crippen LogP contribution in [0.15, 0.2) is 40.3 Å². The molecule has 1 atom stereocenters. The van der Waals surface area contributed by atoms with E-state index in [1.807, 2.05) is 30.3 Å². The van der Waals surface area contributed by atoms with Crippen molar-refractivity contribution in [1.29, 1.82) is 0 Å². The third-order valence-corrected chi connectivity index (χ3v) is 8.14. The van der Waals surface area contributed by atoms with Crippen LogP contribution in [0, 0.1) is 11.3 Å². The molecule has 0 aliphatic heterocycles. The Bertz CT molecular complexity index is 1160. The molecular formula is C24H28N2O3S2. The summed E-state index contributed by atoms with van der Waals surface area (Å²) in [5.41, 5.74) is 2.23. The Morgan fingerprint density at radius 2 is 2.03 bits per heavy atom. The van der Waals surface area contributed by atoms with E-state index in [0.29, 0.717) is 16.8 Å². The molecule has 7 heteroatoms. The Kier molecular flexibility index (Phi) is 6.26. The van der Waals surface area contributed by atoms with E-state index < -0.39 is 0 Å². The van der Waals surface area contributed by atoms with Crippen LogP contribution in [0.4, 0.5) is 0 Å². The Morgan fingerprint density at radius 1 is 1.29 bits per heavy atom. The summed E-state index contributed by atoms with van der Waals surface area (Å²) in [6, 6.07) is 9.63. The number of rotatable bonds is 5. The van der Waals surface area contributed by atoms with Gasteiger partial charge in [-0.05, 0) is 48.3 Å². The number of hydrogen-bond acceptors (Lipinski definition) is 6. The number of methoxy groups -OCH3 is 1. The van der Waals surface area contributed by atoms with Crippen LogP contribution >= 0.6 is 23.1 Å². The highest BCUT2D eigenvalue weighted by Gasteiger charge is 2.32. The summed E-state index contributed by atoms with van der Waals surface area (Å²) < 4.78 is 6.45. The third-order valence-electron chi connectivity index (χ3n) is 6.06. The Morgan fingerprint density at radius 3 is 2.71 bits per heavy atom. The lowest BCUT2D eigenvalue weighted by Crippen LogP contribution is -2.27. The van der Waals surface area contributed by atoms with Crippen LogP contribution in [0.3, 0.4) is 0 Å². The molecule has 31 heavy (non-hydrogen) atoms. The average Bonchev–Trinajstić information content (AvgIpc) is 3.11. The van der Waals surface area contributed by atoms with Crippen LogP contribution in [0.25, 0.3) is 15.9 Å². The fourth-order valence-electron chi connectivity index (χ4n) is 4.17. The van der Waals surface area contributed by atoms with Gasteiger partial charge in [0, 0.05) is 10.6 Å². The molecule has 2 heterocycles. The van der Waals surface area contributed by atoms with E-state index in [9.17, 15) is 9.59 Å². The smallest absolute Gasteiger partial charge is 0.306 e. The van der Waals surface area contributed by atoms with Crippen LogP contribution in [-0.4, -0.2) is 28.4 Å². The number of fused-ring (bicyclic) bond motifs is 3. The molecular weight excluding hydrogens is 428 g/mol. The Hall–Kier alpha value is -2.12. The summed E-state index contributed by atoms with van der Waals surface area (Å²) >= 11 is 3.09. The zero-order chi connectivity index (χ0) is 22.2. The predicted octanol–water partition coefficient (Wildman–Crippen LogP) is 5.25. The van der Waals surface area contributed by atoms with E-state index in [1.54, 1.807) is 15.9 Å². The monoisotopic (exact) mass is 456 g/mol.